The van der Waals surface area contributed by atoms with Crippen LogP contribution in [0.5, 0.6) is 0 Å². The van der Waals surface area contributed by atoms with E-state index in [1.165, 1.54) is 7.11 Å². The molecule has 180 valence electrons. The molecule has 2 saturated heterocycles. The number of amides is 2. The van der Waals surface area contributed by atoms with Crippen LogP contribution in [0.3, 0.4) is 0 Å². The molecule has 2 aromatic rings. The molecule has 2 fully saturated rings. The summed E-state index contributed by atoms with van der Waals surface area (Å²) in [4.78, 5) is 40.0. The first-order chi connectivity index (χ1) is 16.5. The van der Waals surface area contributed by atoms with E-state index in [1.54, 1.807) is 4.90 Å². The van der Waals surface area contributed by atoms with Crippen molar-refractivity contribution in [1.29, 1.82) is 0 Å². The number of hydrogen-bond donors (Lipinski definition) is 1. The van der Waals surface area contributed by atoms with Crippen LogP contribution in [0.1, 0.15) is 24.0 Å². The number of esters is 1. The highest BCUT2D eigenvalue weighted by Gasteiger charge is 2.54. The SMILES string of the molecule is COC(=O)C1(NC(=O)OCc2ccccc2)CC2COCC(C1)N2C(=O)OCc1ccccc1. The molecule has 0 spiro atoms. The van der Waals surface area contributed by atoms with Crippen molar-refractivity contribution < 1.29 is 33.3 Å². The van der Waals surface area contributed by atoms with Crippen molar-refractivity contribution in [2.24, 2.45) is 0 Å². The van der Waals surface area contributed by atoms with Crippen molar-refractivity contribution in [2.45, 2.75) is 43.7 Å². The molecule has 4 rings (SSSR count). The van der Waals surface area contributed by atoms with Gasteiger partial charge in [-0.25, -0.2) is 14.4 Å². The zero-order valence-corrected chi connectivity index (χ0v) is 19.0. The molecule has 2 aliphatic heterocycles. The van der Waals surface area contributed by atoms with E-state index in [1.807, 2.05) is 60.7 Å². The Kier molecular flexibility index (Phi) is 7.32. The first-order valence-electron chi connectivity index (χ1n) is 11.1. The van der Waals surface area contributed by atoms with Gasteiger partial charge in [0.15, 0.2) is 0 Å². The van der Waals surface area contributed by atoms with Crippen LogP contribution in [0.15, 0.2) is 60.7 Å². The second kappa shape index (κ2) is 10.6. The van der Waals surface area contributed by atoms with Crippen LogP contribution >= 0.6 is 0 Å². The van der Waals surface area contributed by atoms with Crippen LogP contribution in [-0.2, 0) is 37.0 Å². The number of carbonyl (C=O) groups is 3. The van der Waals surface area contributed by atoms with E-state index in [-0.39, 0.29) is 39.3 Å². The molecular weight excluding hydrogens is 440 g/mol. The molecule has 0 aliphatic carbocycles. The summed E-state index contributed by atoms with van der Waals surface area (Å²) >= 11 is 0. The topological polar surface area (TPSA) is 103 Å². The molecular formula is C25H28N2O7. The number of morpholine rings is 1. The Balaban J connectivity index is 1.44. The number of hydrogen-bond acceptors (Lipinski definition) is 7. The number of nitrogens with zero attached hydrogens (tertiary/aromatic N) is 1. The third-order valence-electron chi connectivity index (χ3n) is 6.12. The zero-order valence-electron chi connectivity index (χ0n) is 19.0. The lowest BCUT2D eigenvalue weighted by Crippen LogP contribution is -2.70. The standard InChI is InChI=1S/C25H28N2O7/c1-31-22(28)25(26-23(29)33-14-18-8-4-2-5-9-18)12-20-16-32-17-21(13-25)27(20)24(30)34-15-19-10-6-3-7-11-19/h2-11,20-21H,12-17H2,1H3,(H,26,29). The fourth-order valence-electron chi connectivity index (χ4n) is 4.56. The molecule has 2 unspecified atom stereocenters. The number of ether oxygens (including phenoxy) is 4. The molecule has 0 radical (unpaired) electrons. The number of methoxy groups -OCH3 is 1. The van der Waals surface area contributed by atoms with Gasteiger partial charge in [0.1, 0.15) is 18.8 Å². The van der Waals surface area contributed by atoms with E-state index in [2.05, 4.69) is 5.32 Å². The second-order valence-corrected chi connectivity index (χ2v) is 8.46. The van der Waals surface area contributed by atoms with Crippen molar-refractivity contribution in [1.82, 2.24) is 10.2 Å². The van der Waals surface area contributed by atoms with Crippen LogP contribution in [0.25, 0.3) is 0 Å². The van der Waals surface area contributed by atoms with E-state index < -0.39 is 35.8 Å². The van der Waals surface area contributed by atoms with Crippen molar-refractivity contribution in [3.63, 3.8) is 0 Å². The molecule has 1 N–H and O–H groups in total. The minimum Gasteiger partial charge on any atom is -0.467 e. The van der Waals surface area contributed by atoms with Gasteiger partial charge in [0.05, 0.1) is 32.4 Å². The summed E-state index contributed by atoms with van der Waals surface area (Å²) in [5.74, 6) is -0.585. The Labute approximate surface area is 197 Å². The van der Waals surface area contributed by atoms with Gasteiger partial charge in [-0.15, -0.1) is 0 Å². The van der Waals surface area contributed by atoms with Crippen LogP contribution in [0, 0.1) is 0 Å². The Hall–Kier alpha value is -3.59. The van der Waals surface area contributed by atoms with E-state index >= 15 is 0 Å². The van der Waals surface area contributed by atoms with Crippen LogP contribution in [0.4, 0.5) is 9.59 Å². The maximum Gasteiger partial charge on any atom is 0.410 e. The van der Waals surface area contributed by atoms with Gasteiger partial charge in [-0.2, -0.15) is 0 Å². The molecule has 2 aromatic carbocycles. The van der Waals surface area contributed by atoms with Gasteiger partial charge < -0.3 is 24.3 Å². The summed E-state index contributed by atoms with van der Waals surface area (Å²) in [7, 11) is 1.27. The Morgan fingerprint density at radius 3 is 1.97 bits per heavy atom. The summed E-state index contributed by atoms with van der Waals surface area (Å²) in [5, 5.41) is 2.73. The zero-order chi connectivity index (χ0) is 24.0. The molecule has 9 nitrogen and oxygen atoms in total. The molecule has 2 atom stereocenters. The van der Waals surface area contributed by atoms with Crippen molar-refractivity contribution in [3.05, 3.63) is 71.8 Å². The van der Waals surface area contributed by atoms with E-state index in [4.69, 9.17) is 18.9 Å². The van der Waals surface area contributed by atoms with Gasteiger partial charge in [0.2, 0.25) is 0 Å². The normalized spacial score (nSPS) is 23.5. The lowest BCUT2D eigenvalue weighted by molar-refractivity contribution is -0.158. The number of alkyl carbamates (subject to hydrolysis) is 1. The Morgan fingerprint density at radius 1 is 0.912 bits per heavy atom. The van der Waals surface area contributed by atoms with Gasteiger partial charge in [-0.1, -0.05) is 60.7 Å². The predicted molar refractivity (Wildman–Crippen MR) is 121 cm³/mol. The second-order valence-electron chi connectivity index (χ2n) is 8.46. The molecule has 2 heterocycles. The average Bonchev–Trinajstić information content (AvgIpc) is 2.86. The molecule has 0 saturated carbocycles. The molecule has 0 aromatic heterocycles. The van der Waals surface area contributed by atoms with Crippen LogP contribution in [-0.4, -0.2) is 61.0 Å². The fraction of sp³-hybridized carbons (Fsp3) is 0.400. The molecule has 2 amide bonds. The van der Waals surface area contributed by atoms with Crippen LogP contribution in [0.2, 0.25) is 0 Å². The number of benzene rings is 2. The minimum atomic E-state index is -1.34. The maximum atomic E-state index is 12.9. The van der Waals surface area contributed by atoms with Crippen molar-refractivity contribution >= 4 is 18.2 Å². The van der Waals surface area contributed by atoms with Gasteiger partial charge in [0.25, 0.3) is 0 Å². The van der Waals surface area contributed by atoms with Gasteiger partial charge >= 0.3 is 18.2 Å². The summed E-state index contributed by atoms with van der Waals surface area (Å²) in [6.45, 7) is 0.646. The number of rotatable bonds is 6. The largest absolute Gasteiger partial charge is 0.467 e. The Bertz CT molecular complexity index is 985. The smallest absolute Gasteiger partial charge is 0.410 e. The van der Waals surface area contributed by atoms with Gasteiger partial charge in [-0.05, 0) is 11.1 Å². The third-order valence-corrected chi connectivity index (χ3v) is 6.12. The number of piperidine rings is 1. The minimum absolute atomic E-state index is 0.0673. The quantitative estimate of drug-likeness (QED) is 0.513. The number of fused-ring (bicyclic) bond motifs is 2. The summed E-state index contributed by atoms with van der Waals surface area (Å²) in [5.41, 5.74) is 0.365. The summed E-state index contributed by atoms with van der Waals surface area (Å²) < 4.78 is 21.6. The van der Waals surface area contributed by atoms with E-state index in [0.29, 0.717) is 0 Å². The Morgan fingerprint density at radius 2 is 1.44 bits per heavy atom. The maximum absolute atomic E-state index is 12.9. The lowest BCUT2D eigenvalue weighted by atomic mass is 9.78. The monoisotopic (exact) mass is 468 g/mol. The summed E-state index contributed by atoms with van der Waals surface area (Å²) in [6.07, 6.45) is -0.964. The highest BCUT2D eigenvalue weighted by Crippen LogP contribution is 2.36. The summed E-state index contributed by atoms with van der Waals surface area (Å²) in [6, 6.07) is 17.7. The van der Waals surface area contributed by atoms with Crippen molar-refractivity contribution in [2.75, 3.05) is 20.3 Å². The van der Waals surface area contributed by atoms with Gasteiger partial charge in [0, 0.05) is 12.8 Å². The first-order valence-corrected chi connectivity index (χ1v) is 11.1. The first kappa shape index (κ1) is 23.6. The predicted octanol–water partition coefficient (Wildman–Crippen LogP) is 3.02. The van der Waals surface area contributed by atoms with E-state index in [9.17, 15) is 14.4 Å². The lowest BCUT2D eigenvalue weighted by Gasteiger charge is -2.51. The van der Waals surface area contributed by atoms with Gasteiger partial charge in [-0.3, -0.25) is 4.90 Å². The number of carbonyl (C=O) groups excluding carboxylic acids is 3. The highest BCUT2D eigenvalue weighted by molar-refractivity contribution is 5.86. The fourth-order valence-corrected chi connectivity index (χ4v) is 4.56. The molecule has 34 heavy (non-hydrogen) atoms. The van der Waals surface area contributed by atoms with Crippen LogP contribution < -0.4 is 5.32 Å². The molecule has 9 heteroatoms. The average molecular weight is 469 g/mol. The van der Waals surface area contributed by atoms with E-state index in [0.717, 1.165) is 11.1 Å². The molecule has 2 bridgehead atoms. The number of nitrogens with one attached hydrogen (secondary N) is 1. The molecule has 2 aliphatic rings. The third kappa shape index (κ3) is 5.31. The van der Waals surface area contributed by atoms with Crippen molar-refractivity contribution in [3.8, 4) is 0 Å². The highest BCUT2D eigenvalue weighted by atomic mass is 16.6.